The van der Waals surface area contributed by atoms with Crippen LogP contribution in [0.25, 0.3) is 0 Å². The SMILES string of the molecule is CC#C[C@]1(O)CC[C@H]2[C@@H]3CCC4=CC(=O)CC[C@]4(C)[C@H](C3)[C@@H](c3ccc(N4CCS(=O)(=O)CC4)cc3)C[C@@]21C. The van der Waals surface area contributed by atoms with Crippen molar-refractivity contribution in [3.05, 3.63) is 41.5 Å². The quantitative estimate of drug-likeness (QED) is 0.508. The number of allylic oxidation sites excluding steroid dienone is 2. The van der Waals surface area contributed by atoms with E-state index in [2.05, 4.69) is 54.9 Å². The average molecular weight is 550 g/mol. The van der Waals surface area contributed by atoms with Crippen LogP contribution in [-0.2, 0) is 14.6 Å². The molecule has 1 aliphatic heterocycles. The summed E-state index contributed by atoms with van der Waals surface area (Å²) in [5.74, 6) is 8.64. The van der Waals surface area contributed by atoms with E-state index in [9.17, 15) is 18.3 Å². The van der Waals surface area contributed by atoms with Crippen LogP contribution in [0.5, 0.6) is 0 Å². The van der Waals surface area contributed by atoms with E-state index in [1.54, 1.807) is 0 Å². The first-order valence-corrected chi connectivity index (χ1v) is 16.8. The molecule has 5 nitrogen and oxygen atoms in total. The Morgan fingerprint density at radius 3 is 2.41 bits per heavy atom. The van der Waals surface area contributed by atoms with Gasteiger partial charge >= 0.3 is 0 Å². The second kappa shape index (κ2) is 9.48. The topological polar surface area (TPSA) is 74.7 Å². The predicted octanol–water partition coefficient (Wildman–Crippen LogP) is 5.29. The Labute approximate surface area is 234 Å². The molecule has 1 heterocycles. The minimum absolute atomic E-state index is 0.0171. The summed E-state index contributed by atoms with van der Waals surface area (Å²) in [6.45, 7) is 7.64. The van der Waals surface area contributed by atoms with Gasteiger partial charge in [-0.05, 0) is 105 Å². The van der Waals surface area contributed by atoms with Gasteiger partial charge in [0.2, 0.25) is 0 Å². The van der Waals surface area contributed by atoms with Crippen molar-refractivity contribution in [1.82, 2.24) is 0 Å². The van der Waals surface area contributed by atoms with E-state index in [0.29, 0.717) is 37.3 Å². The Morgan fingerprint density at radius 2 is 1.72 bits per heavy atom. The molecule has 1 saturated heterocycles. The summed E-state index contributed by atoms with van der Waals surface area (Å²) in [6, 6.07) is 8.85. The Hall–Kier alpha value is -2.10. The lowest BCUT2D eigenvalue weighted by Crippen LogP contribution is -2.46. The minimum Gasteiger partial charge on any atom is -0.377 e. The molecule has 0 unspecified atom stereocenters. The van der Waals surface area contributed by atoms with E-state index in [4.69, 9.17) is 0 Å². The van der Waals surface area contributed by atoms with Gasteiger partial charge < -0.3 is 10.0 Å². The molecule has 210 valence electrons. The molecule has 0 radical (unpaired) electrons. The molecule has 7 atom stereocenters. The summed E-state index contributed by atoms with van der Waals surface area (Å²) in [5.41, 5.74) is 2.45. The van der Waals surface area contributed by atoms with Gasteiger partial charge in [0.25, 0.3) is 0 Å². The largest absolute Gasteiger partial charge is 0.377 e. The molecule has 1 aromatic rings. The van der Waals surface area contributed by atoms with Crippen molar-refractivity contribution < 1.29 is 18.3 Å². The van der Waals surface area contributed by atoms with Crippen molar-refractivity contribution in [3.8, 4) is 11.8 Å². The molecule has 39 heavy (non-hydrogen) atoms. The highest BCUT2D eigenvalue weighted by Crippen LogP contribution is 2.67. The van der Waals surface area contributed by atoms with Crippen molar-refractivity contribution in [3.63, 3.8) is 0 Å². The first-order chi connectivity index (χ1) is 18.5. The molecule has 5 aliphatic rings. The van der Waals surface area contributed by atoms with Crippen molar-refractivity contribution in [2.24, 2.45) is 28.6 Å². The smallest absolute Gasteiger partial charge is 0.155 e. The van der Waals surface area contributed by atoms with E-state index in [1.807, 2.05) is 13.0 Å². The Kier molecular flexibility index (Phi) is 6.59. The fraction of sp³-hybridized carbons (Fsp3) is 0.667. The molecular formula is C33H43NO4S. The van der Waals surface area contributed by atoms with E-state index < -0.39 is 15.4 Å². The van der Waals surface area contributed by atoms with E-state index in [1.165, 1.54) is 11.1 Å². The third-order valence-corrected chi connectivity index (χ3v) is 13.4. The molecule has 2 bridgehead atoms. The zero-order valence-corrected chi connectivity index (χ0v) is 24.5. The van der Waals surface area contributed by atoms with E-state index in [0.717, 1.165) is 50.6 Å². The van der Waals surface area contributed by atoms with Crippen LogP contribution < -0.4 is 4.90 Å². The summed E-state index contributed by atoms with van der Waals surface area (Å²) >= 11 is 0. The molecule has 4 aliphatic carbocycles. The molecule has 6 rings (SSSR count). The number of anilines is 1. The maximum Gasteiger partial charge on any atom is 0.155 e. The van der Waals surface area contributed by atoms with Crippen LogP contribution in [-0.4, -0.2) is 49.5 Å². The fourth-order valence-corrected chi connectivity index (χ4v) is 10.6. The number of carbonyl (C=O) groups is 1. The van der Waals surface area contributed by atoms with Crippen molar-refractivity contribution in [1.29, 1.82) is 0 Å². The van der Waals surface area contributed by atoms with Crippen molar-refractivity contribution in [2.45, 2.75) is 83.7 Å². The highest BCUT2D eigenvalue weighted by molar-refractivity contribution is 7.91. The molecule has 1 aromatic carbocycles. The molecular weight excluding hydrogens is 506 g/mol. The normalized spacial score (nSPS) is 41.3. The van der Waals surface area contributed by atoms with Crippen LogP contribution in [0.2, 0.25) is 0 Å². The number of nitrogens with zero attached hydrogens (tertiary/aromatic N) is 1. The number of sulfone groups is 1. The Balaban J connectivity index is 1.42. The number of carbonyl (C=O) groups excluding carboxylic acids is 1. The van der Waals surface area contributed by atoms with Crippen LogP contribution in [0.3, 0.4) is 0 Å². The van der Waals surface area contributed by atoms with Gasteiger partial charge in [-0.3, -0.25) is 4.79 Å². The van der Waals surface area contributed by atoms with Gasteiger partial charge in [-0.15, -0.1) is 5.92 Å². The van der Waals surface area contributed by atoms with Crippen LogP contribution >= 0.6 is 0 Å². The summed E-state index contributed by atoms with van der Waals surface area (Å²) in [7, 11) is -2.92. The predicted molar refractivity (Wildman–Crippen MR) is 155 cm³/mol. The van der Waals surface area contributed by atoms with Gasteiger partial charge in [0, 0.05) is 30.6 Å². The first kappa shape index (κ1) is 27.1. The van der Waals surface area contributed by atoms with Crippen molar-refractivity contribution in [2.75, 3.05) is 29.5 Å². The molecule has 0 aromatic heterocycles. The average Bonchev–Trinajstić information content (AvgIpc) is 3.00. The van der Waals surface area contributed by atoms with Gasteiger partial charge in [-0.1, -0.05) is 37.5 Å². The molecule has 3 saturated carbocycles. The van der Waals surface area contributed by atoms with E-state index in [-0.39, 0.29) is 34.0 Å². The summed E-state index contributed by atoms with van der Waals surface area (Å²) < 4.78 is 23.9. The van der Waals surface area contributed by atoms with Gasteiger partial charge in [-0.2, -0.15) is 0 Å². The lowest BCUT2D eigenvalue weighted by Gasteiger charge is -2.47. The maximum atomic E-state index is 12.5. The summed E-state index contributed by atoms with van der Waals surface area (Å²) in [4.78, 5) is 14.7. The van der Waals surface area contributed by atoms with Crippen molar-refractivity contribution >= 4 is 21.3 Å². The number of hydrogen-bond donors (Lipinski definition) is 1. The third kappa shape index (κ3) is 4.39. The molecule has 6 heteroatoms. The van der Waals surface area contributed by atoms with E-state index >= 15 is 0 Å². The van der Waals surface area contributed by atoms with Gasteiger partial charge in [0.15, 0.2) is 15.6 Å². The fourth-order valence-electron chi connectivity index (χ4n) is 9.39. The number of aliphatic hydroxyl groups is 1. The molecule has 4 fully saturated rings. The highest BCUT2D eigenvalue weighted by atomic mass is 32.2. The monoisotopic (exact) mass is 549 g/mol. The Morgan fingerprint density at radius 1 is 1.00 bits per heavy atom. The molecule has 0 amide bonds. The maximum absolute atomic E-state index is 12.5. The lowest BCUT2D eigenvalue weighted by molar-refractivity contribution is -0.116. The van der Waals surface area contributed by atoms with Crippen LogP contribution in [0, 0.1) is 40.4 Å². The van der Waals surface area contributed by atoms with Crippen LogP contribution in [0.4, 0.5) is 5.69 Å². The van der Waals surface area contributed by atoms with Gasteiger partial charge in [0.05, 0.1) is 11.5 Å². The Bertz CT molecular complexity index is 1340. The van der Waals surface area contributed by atoms with Crippen LogP contribution in [0.15, 0.2) is 35.9 Å². The second-order valence-corrected chi connectivity index (χ2v) is 15.8. The number of fused-ring (bicyclic) bond motifs is 6. The first-order valence-electron chi connectivity index (χ1n) is 14.9. The minimum atomic E-state index is -2.92. The van der Waals surface area contributed by atoms with Crippen LogP contribution in [0.1, 0.15) is 83.6 Å². The number of benzene rings is 1. The number of hydrogen-bond acceptors (Lipinski definition) is 5. The number of rotatable bonds is 2. The molecule has 0 spiro atoms. The summed E-state index contributed by atoms with van der Waals surface area (Å²) in [6.07, 6.45) is 9.36. The number of ketones is 1. The highest BCUT2D eigenvalue weighted by Gasteiger charge is 2.62. The zero-order valence-electron chi connectivity index (χ0n) is 23.7. The van der Waals surface area contributed by atoms with Gasteiger partial charge in [0.1, 0.15) is 5.60 Å². The standard InChI is InChI=1S/C33H43NO4S/c1-4-13-33(36)15-12-29-24-5-8-25-21-27(35)11-14-31(25,2)30(20-24)28(22-32(29,33)3)23-6-9-26(10-7-23)34-16-18-39(37,38)19-17-34/h6-7,9-10,21,24,28-30,36H,5,8,11-12,14-20,22H2,1-3H3/t24-,28-,29+,30-,31+,32+,33+/m1/s1. The lowest BCUT2D eigenvalue weighted by atomic mass is 9.57. The summed E-state index contributed by atoms with van der Waals surface area (Å²) in [5, 5.41) is 12.0. The van der Waals surface area contributed by atoms with Gasteiger partial charge in [-0.25, -0.2) is 8.42 Å². The second-order valence-electron chi connectivity index (χ2n) is 13.5. The third-order valence-electron chi connectivity index (χ3n) is 11.8. The zero-order chi connectivity index (χ0) is 27.6. The molecule has 1 N–H and O–H groups in total.